The highest BCUT2D eigenvalue weighted by atomic mass is 19.4. The van der Waals surface area contributed by atoms with Crippen LogP contribution < -0.4 is 5.32 Å². The van der Waals surface area contributed by atoms with Gasteiger partial charge in [0.15, 0.2) is 0 Å². The first-order valence-electron chi connectivity index (χ1n) is 5.87. The zero-order valence-electron chi connectivity index (χ0n) is 10.8. The molecular formula is C13H14F3NO3. The number of benzene rings is 1. The molecule has 1 amide bonds. The molecule has 0 heterocycles. The monoisotopic (exact) mass is 289 g/mol. The van der Waals surface area contributed by atoms with Crippen LogP contribution in [0.1, 0.15) is 24.8 Å². The molecule has 1 rings (SSSR count). The maximum atomic E-state index is 12.5. The predicted molar refractivity (Wildman–Crippen MR) is 65.9 cm³/mol. The molecule has 0 saturated carbocycles. The second-order valence-electron chi connectivity index (χ2n) is 4.06. The molecule has 0 saturated heterocycles. The van der Waals surface area contributed by atoms with Crippen molar-refractivity contribution in [2.45, 2.75) is 25.4 Å². The van der Waals surface area contributed by atoms with Gasteiger partial charge in [-0.2, -0.15) is 13.2 Å². The summed E-state index contributed by atoms with van der Waals surface area (Å²) in [7, 11) is 1.24. The van der Waals surface area contributed by atoms with Crippen molar-refractivity contribution in [3.05, 3.63) is 29.8 Å². The molecule has 0 bridgehead atoms. The van der Waals surface area contributed by atoms with Gasteiger partial charge in [-0.25, -0.2) is 0 Å². The van der Waals surface area contributed by atoms with Crippen LogP contribution in [0.3, 0.4) is 0 Å². The first-order valence-corrected chi connectivity index (χ1v) is 5.87. The number of hydrogen-bond acceptors (Lipinski definition) is 3. The van der Waals surface area contributed by atoms with Crippen LogP contribution in [0.2, 0.25) is 0 Å². The number of halogens is 3. The normalized spacial score (nSPS) is 11.0. The quantitative estimate of drug-likeness (QED) is 0.848. The number of anilines is 1. The van der Waals surface area contributed by atoms with Gasteiger partial charge in [0.05, 0.1) is 12.7 Å². The molecule has 0 aliphatic heterocycles. The average molecular weight is 289 g/mol. The van der Waals surface area contributed by atoms with E-state index in [4.69, 9.17) is 0 Å². The molecular weight excluding hydrogens is 275 g/mol. The molecule has 0 aromatic heterocycles. The maximum Gasteiger partial charge on any atom is 0.416 e. The first-order chi connectivity index (χ1) is 9.32. The highest BCUT2D eigenvalue weighted by Crippen LogP contribution is 2.30. The Kier molecular flexibility index (Phi) is 5.54. The SMILES string of the molecule is COC(=O)CCCC(=O)Nc1cccc(C(F)(F)F)c1. The van der Waals surface area contributed by atoms with Crippen LogP contribution in [0, 0.1) is 0 Å². The van der Waals surface area contributed by atoms with Crippen LogP contribution in [-0.2, 0) is 20.5 Å². The van der Waals surface area contributed by atoms with Gasteiger partial charge in [0.2, 0.25) is 5.91 Å². The maximum absolute atomic E-state index is 12.5. The van der Waals surface area contributed by atoms with Crippen molar-refractivity contribution < 1.29 is 27.5 Å². The third-order valence-corrected chi connectivity index (χ3v) is 2.49. The minimum atomic E-state index is -4.45. The molecule has 0 spiro atoms. The summed E-state index contributed by atoms with van der Waals surface area (Å²) >= 11 is 0. The molecule has 1 aromatic rings. The van der Waals surface area contributed by atoms with E-state index in [1.54, 1.807) is 0 Å². The van der Waals surface area contributed by atoms with E-state index in [0.29, 0.717) is 0 Å². The molecule has 110 valence electrons. The van der Waals surface area contributed by atoms with Crippen molar-refractivity contribution in [1.82, 2.24) is 0 Å². The van der Waals surface area contributed by atoms with Crippen LogP contribution in [0.4, 0.5) is 18.9 Å². The second-order valence-corrected chi connectivity index (χ2v) is 4.06. The summed E-state index contributed by atoms with van der Waals surface area (Å²) in [6.07, 6.45) is -4.05. The second kappa shape index (κ2) is 6.93. The largest absolute Gasteiger partial charge is 0.469 e. The summed E-state index contributed by atoms with van der Waals surface area (Å²) < 4.78 is 41.8. The van der Waals surface area contributed by atoms with Crippen molar-refractivity contribution in [3.63, 3.8) is 0 Å². The highest BCUT2D eigenvalue weighted by molar-refractivity contribution is 5.91. The zero-order valence-corrected chi connectivity index (χ0v) is 10.8. The Morgan fingerprint density at radius 3 is 2.55 bits per heavy atom. The van der Waals surface area contributed by atoms with Crippen LogP contribution in [0.5, 0.6) is 0 Å². The molecule has 0 radical (unpaired) electrons. The molecule has 0 aliphatic rings. The summed E-state index contributed by atoms with van der Waals surface area (Å²) in [4.78, 5) is 22.3. The number of carbonyl (C=O) groups is 2. The number of nitrogens with one attached hydrogen (secondary N) is 1. The predicted octanol–water partition coefficient (Wildman–Crippen LogP) is 2.99. The molecule has 0 atom stereocenters. The first kappa shape index (κ1) is 16.0. The van der Waals surface area contributed by atoms with Crippen LogP contribution in [0.15, 0.2) is 24.3 Å². The lowest BCUT2D eigenvalue weighted by atomic mass is 10.2. The van der Waals surface area contributed by atoms with Crippen molar-refractivity contribution >= 4 is 17.6 Å². The average Bonchev–Trinajstić information content (AvgIpc) is 2.37. The van der Waals surface area contributed by atoms with Gasteiger partial charge < -0.3 is 10.1 Å². The lowest BCUT2D eigenvalue weighted by molar-refractivity contribution is -0.141. The summed E-state index contributed by atoms with van der Waals surface area (Å²) in [6, 6.07) is 4.37. The highest BCUT2D eigenvalue weighted by Gasteiger charge is 2.30. The molecule has 0 aliphatic carbocycles. The minimum absolute atomic E-state index is 0.0331. The van der Waals surface area contributed by atoms with E-state index in [0.717, 1.165) is 12.1 Å². The molecule has 7 heteroatoms. The Hall–Kier alpha value is -2.05. The summed E-state index contributed by atoms with van der Waals surface area (Å²) in [5.41, 5.74) is -0.757. The number of alkyl halides is 3. The van der Waals surface area contributed by atoms with Gasteiger partial charge in [0, 0.05) is 18.5 Å². The van der Waals surface area contributed by atoms with Crippen molar-refractivity contribution in [3.8, 4) is 0 Å². The number of rotatable bonds is 5. The van der Waals surface area contributed by atoms with Gasteiger partial charge in [0.1, 0.15) is 0 Å². The Balaban J connectivity index is 2.52. The standard InChI is InChI=1S/C13H14F3NO3/c1-20-12(19)7-3-6-11(18)17-10-5-2-4-9(8-10)13(14,15)16/h2,4-5,8H,3,6-7H2,1H3,(H,17,18). The van der Waals surface area contributed by atoms with Crippen LogP contribution >= 0.6 is 0 Å². The Morgan fingerprint density at radius 1 is 1.25 bits per heavy atom. The van der Waals surface area contributed by atoms with E-state index < -0.39 is 23.6 Å². The number of methoxy groups -OCH3 is 1. The van der Waals surface area contributed by atoms with E-state index in [1.807, 2.05) is 0 Å². The third-order valence-electron chi connectivity index (χ3n) is 2.49. The van der Waals surface area contributed by atoms with E-state index in [9.17, 15) is 22.8 Å². The zero-order chi connectivity index (χ0) is 15.2. The van der Waals surface area contributed by atoms with E-state index in [-0.39, 0.29) is 24.9 Å². The number of amides is 1. The topological polar surface area (TPSA) is 55.4 Å². The van der Waals surface area contributed by atoms with Crippen LogP contribution in [-0.4, -0.2) is 19.0 Å². The Bertz CT molecular complexity index is 486. The summed E-state index contributed by atoms with van der Waals surface area (Å²) in [5.74, 6) is -0.884. The van der Waals surface area contributed by atoms with E-state index in [1.165, 1.54) is 19.2 Å². The van der Waals surface area contributed by atoms with E-state index >= 15 is 0 Å². The smallest absolute Gasteiger partial charge is 0.416 e. The van der Waals surface area contributed by atoms with Gasteiger partial charge >= 0.3 is 12.1 Å². The van der Waals surface area contributed by atoms with Gasteiger partial charge in [-0.3, -0.25) is 9.59 Å². The fourth-order valence-electron chi connectivity index (χ4n) is 1.49. The van der Waals surface area contributed by atoms with E-state index in [2.05, 4.69) is 10.1 Å². The van der Waals surface area contributed by atoms with Crippen molar-refractivity contribution in [2.75, 3.05) is 12.4 Å². The fraction of sp³-hybridized carbons (Fsp3) is 0.385. The molecule has 20 heavy (non-hydrogen) atoms. The van der Waals surface area contributed by atoms with Crippen molar-refractivity contribution in [1.29, 1.82) is 0 Å². The summed E-state index contributed by atoms with van der Waals surface area (Å²) in [6.45, 7) is 0. The molecule has 1 aromatic carbocycles. The number of hydrogen-bond donors (Lipinski definition) is 1. The number of ether oxygens (including phenoxy) is 1. The Labute approximate surface area is 113 Å². The van der Waals surface area contributed by atoms with Gasteiger partial charge in [-0.1, -0.05) is 6.07 Å². The van der Waals surface area contributed by atoms with Gasteiger partial charge in [-0.05, 0) is 24.6 Å². The van der Waals surface area contributed by atoms with Crippen molar-refractivity contribution in [2.24, 2.45) is 0 Å². The minimum Gasteiger partial charge on any atom is -0.469 e. The molecule has 0 unspecified atom stereocenters. The number of esters is 1. The summed E-state index contributed by atoms with van der Waals surface area (Å²) in [5, 5.41) is 2.36. The van der Waals surface area contributed by atoms with Crippen LogP contribution in [0.25, 0.3) is 0 Å². The van der Waals surface area contributed by atoms with Gasteiger partial charge in [0.25, 0.3) is 0 Å². The molecule has 4 nitrogen and oxygen atoms in total. The third kappa shape index (κ3) is 5.29. The van der Waals surface area contributed by atoms with Gasteiger partial charge in [-0.15, -0.1) is 0 Å². The number of carbonyl (C=O) groups excluding carboxylic acids is 2. The Morgan fingerprint density at radius 2 is 1.95 bits per heavy atom. The molecule has 1 N–H and O–H groups in total. The lowest BCUT2D eigenvalue weighted by Gasteiger charge is -2.09. The fourth-order valence-corrected chi connectivity index (χ4v) is 1.49. The molecule has 0 fully saturated rings. The lowest BCUT2D eigenvalue weighted by Crippen LogP contribution is -2.13.